The van der Waals surface area contributed by atoms with Crippen LogP contribution >= 0.6 is 0 Å². The summed E-state index contributed by atoms with van der Waals surface area (Å²) >= 11 is 0. The monoisotopic (exact) mass is 209 g/mol. The molecule has 1 aliphatic rings. The van der Waals surface area contributed by atoms with Crippen molar-refractivity contribution in [2.75, 3.05) is 26.3 Å². The van der Waals surface area contributed by atoms with Crippen LogP contribution in [0.5, 0.6) is 0 Å². The first kappa shape index (κ1) is 10.2. The van der Waals surface area contributed by atoms with Crippen LogP contribution in [0.3, 0.4) is 0 Å². The first-order valence-corrected chi connectivity index (χ1v) is 5.10. The number of hydrogen-bond acceptors (Lipinski definition) is 3. The summed E-state index contributed by atoms with van der Waals surface area (Å²) in [6.07, 6.45) is 2.14. The highest BCUT2D eigenvalue weighted by molar-refractivity contribution is 5.78. The normalized spacial score (nSPS) is 16.7. The van der Waals surface area contributed by atoms with Crippen molar-refractivity contribution in [1.82, 2.24) is 14.7 Å². The van der Waals surface area contributed by atoms with Crippen LogP contribution in [0.25, 0.3) is 0 Å². The SMILES string of the molecule is Cn1nccc1CC(=O)N1CCOCC1. The van der Waals surface area contributed by atoms with Gasteiger partial charge in [0.15, 0.2) is 0 Å². The third kappa shape index (κ3) is 2.36. The zero-order chi connectivity index (χ0) is 10.7. The second-order valence-electron chi connectivity index (χ2n) is 3.62. The third-order valence-corrected chi connectivity index (χ3v) is 2.62. The van der Waals surface area contributed by atoms with E-state index in [2.05, 4.69) is 5.10 Å². The van der Waals surface area contributed by atoms with Crippen LogP contribution in [-0.4, -0.2) is 46.9 Å². The number of aromatic nitrogens is 2. The first-order valence-electron chi connectivity index (χ1n) is 5.10. The lowest BCUT2D eigenvalue weighted by Gasteiger charge is -2.26. The van der Waals surface area contributed by atoms with E-state index in [9.17, 15) is 4.79 Å². The van der Waals surface area contributed by atoms with E-state index in [-0.39, 0.29) is 5.91 Å². The van der Waals surface area contributed by atoms with Crippen LogP contribution < -0.4 is 0 Å². The number of rotatable bonds is 2. The lowest BCUT2D eigenvalue weighted by molar-refractivity contribution is -0.134. The van der Waals surface area contributed by atoms with Crippen LogP contribution in [0.2, 0.25) is 0 Å². The molecule has 1 aromatic rings. The van der Waals surface area contributed by atoms with Gasteiger partial charge in [-0.2, -0.15) is 5.10 Å². The highest BCUT2D eigenvalue weighted by Crippen LogP contribution is 2.04. The minimum absolute atomic E-state index is 0.155. The third-order valence-electron chi connectivity index (χ3n) is 2.62. The molecule has 0 bridgehead atoms. The lowest BCUT2D eigenvalue weighted by Crippen LogP contribution is -2.41. The molecule has 0 saturated carbocycles. The van der Waals surface area contributed by atoms with Gasteiger partial charge >= 0.3 is 0 Å². The molecule has 1 aliphatic heterocycles. The lowest BCUT2D eigenvalue weighted by atomic mass is 10.2. The fraction of sp³-hybridized carbons (Fsp3) is 0.600. The molecule has 0 spiro atoms. The van der Waals surface area contributed by atoms with Crippen LogP contribution in [0.4, 0.5) is 0 Å². The van der Waals surface area contributed by atoms with Crippen molar-refractivity contribution in [3.05, 3.63) is 18.0 Å². The molecule has 1 amide bonds. The van der Waals surface area contributed by atoms with Gasteiger partial charge in [-0.05, 0) is 6.07 Å². The molecular formula is C10H15N3O2. The van der Waals surface area contributed by atoms with Gasteiger partial charge in [0.1, 0.15) is 0 Å². The van der Waals surface area contributed by atoms with E-state index < -0.39 is 0 Å². The van der Waals surface area contributed by atoms with Gasteiger partial charge in [0.25, 0.3) is 0 Å². The summed E-state index contributed by atoms with van der Waals surface area (Å²) in [5, 5.41) is 4.04. The molecule has 0 atom stereocenters. The molecule has 0 radical (unpaired) electrons. The molecule has 2 rings (SSSR count). The van der Waals surface area contributed by atoms with Gasteiger partial charge in [0, 0.05) is 32.0 Å². The Morgan fingerprint density at radius 1 is 1.53 bits per heavy atom. The van der Waals surface area contributed by atoms with Gasteiger partial charge < -0.3 is 9.64 Å². The van der Waals surface area contributed by atoms with Crippen molar-refractivity contribution >= 4 is 5.91 Å². The summed E-state index contributed by atoms with van der Waals surface area (Å²) in [4.78, 5) is 13.7. The predicted molar refractivity (Wildman–Crippen MR) is 54.3 cm³/mol. The molecule has 5 heteroatoms. The van der Waals surface area contributed by atoms with E-state index in [0.717, 1.165) is 5.69 Å². The van der Waals surface area contributed by atoms with Crippen molar-refractivity contribution in [2.24, 2.45) is 7.05 Å². The van der Waals surface area contributed by atoms with E-state index in [0.29, 0.717) is 32.7 Å². The molecule has 82 valence electrons. The van der Waals surface area contributed by atoms with Crippen LogP contribution in [-0.2, 0) is 23.0 Å². The summed E-state index contributed by atoms with van der Waals surface area (Å²) in [5.41, 5.74) is 0.950. The van der Waals surface area contributed by atoms with Crippen molar-refractivity contribution in [3.63, 3.8) is 0 Å². The Kier molecular flexibility index (Phi) is 3.01. The molecule has 0 aromatic carbocycles. The van der Waals surface area contributed by atoms with Gasteiger partial charge in [-0.25, -0.2) is 0 Å². The summed E-state index contributed by atoms with van der Waals surface area (Å²) in [6.45, 7) is 2.71. The van der Waals surface area contributed by atoms with Crippen LogP contribution in [0, 0.1) is 0 Å². The van der Waals surface area contributed by atoms with E-state index in [1.54, 1.807) is 10.9 Å². The Bertz CT molecular complexity index is 342. The highest BCUT2D eigenvalue weighted by Gasteiger charge is 2.17. The standard InChI is InChI=1S/C10H15N3O2/c1-12-9(2-3-11-12)8-10(14)13-4-6-15-7-5-13/h2-3H,4-8H2,1H3. The molecule has 0 unspecified atom stereocenters. The Morgan fingerprint density at radius 3 is 2.87 bits per heavy atom. The van der Waals surface area contributed by atoms with E-state index in [4.69, 9.17) is 4.74 Å². The molecule has 1 saturated heterocycles. The molecule has 0 N–H and O–H groups in total. The average molecular weight is 209 g/mol. The number of amides is 1. The summed E-state index contributed by atoms with van der Waals surface area (Å²) in [5.74, 6) is 0.155. The highest BCUT2D eigenvalue weighted by atomic mass is 16.5. The fourth-order valence-electron chi connectivity index (χ4n) is 1.65. The maximum atomic E-state index is 11.8. The summed E-state index contributed by atoms with van der Waals surface area (Å²) in [7, 11) is 1.85. The van der Waals surface area contributed by atoms with E-state index in [1.165, 1.54) is 0 Å². The van der Waals surface area contributed by atoms with Crippen molar-refractivity contribution in [2.45, 2.75) is 6.42 Å². The maximum Gasteiger partial charge on any atom is 0.228 e. The van der Waals surface area contributed by atoms with Gasteiger partial charge in [-0.1, -0.05) is 0 Å². The Labute approximate surface area is 88.6 Å². The topological polar surface area (TPSA) is 47.4 Å². The van der Waals surface area contributed by atoms with Gasteiger partial charge in [-0.3, -0.25) is 9.48 Å². The second kappa shape index (κ2) is 4.44. The minimum Gasteiger partial charge on any atom is -0.378 e. The van der Waals surface area contributed by atoms with E-state index in [1.807, 2.05) is 18.0 Å². The molecule has 2 heterocycles. The van der Waals surface area contributed by atoms with Gasteiger partial charge in [0.2, 0.25) is 5.91 Å². The maximum absolute atomic E-state index is 11.8. The Balaban J connectivity index is 1.94. The number of carbonyl (C=O) groups excluding carboxylic acids is 1. The van der Waals surface area contributed by atoms with E-state index >= 15 is 0 Å². The van der Waals surface area contributed by atoms with Crippen LogP contribution in [0.1, 0.15) is 5.69 Å². The van der Waals surface area contributed by atoms with Gasteiger partial charge in [-0.15, -0.1) is 0 Å². The zero-order valence-electron chi connectivity index (χ0n) is 8.85. The van der Waals surface area contributed by atoms with Crippen LogP contribution in [0.15, 0.2) is 12.3 Å². The largest absolute Gasteiger partial charge is 0.378 e. The average Bonchev–Trinajstić information content (AvgIpc) is 2.66. The molecule has 15 heavy (non-hydrogen) atoms. The van der Waals surface area contributed by atoms with Crippen molar-refractivity contribution < 1.29 is 9.53 Å². The molecule has 5 nitrogen and oxygen atoms in total. The second-order valence-corrected chi connectivity index (χ2v) is 3.62. The summed E-state index contributed by atoms with van der Waals surface area (Å²) < 4.78 is 6.93. The Hall–Kier alpha value is -1.36. The molecule has 1 aromatic heterocycles. The number of ether oxygens (including phenoxy) is 1. The fourth-order valence-corrected chi connectivity index (χ4v) is 1.65. The number of morpholine rings is 1. The van der Waals surface area contributed by atoms with Crippen molar-refractivity contribution in [1.29, 1.82) is 0 Å². The van der Waals surface area contributed by atoms with Crippen molar-refractivity contribution in [3.8, 4) is 0 Å². The van der Waals surface area contributed by atoms with Gasteiger partial charge in [0.05, 0.1) is 19.6 Å². The number of hydrogen-bond donors (Lipinski definition) is 0. The summed E-state index contributed by atoms with van der Waals surface area (Å²) in [6, 6.07) is 1.87. The molecule has 1 fully saturated rings. The predicted octanol–water partition coefficient (Wildman–Crippen LogP) is -0.179. The smallest absolute Gasteiger partial charge is 0.228 e. The number of carbonyl (C=O) groups is 1. The minimum atomic E-state index is 0.155. The first-order chi connectivity index (χ1) is 7.27. The number of aryl methyl sites for hydroxylation is 1. The Morgan fingerprint density at radius 2 is 2.27 bits per heavy atom. The number of nitrogens with zero attached hydrogens (tertiary/aromatic N) is 3. The molecular weight excluding hydrogens is 194 g/mol. The molecule has 0 aliphatic carbocycles. The quantitative estimate of drug-likeness (QED) is 0.679. The zero-order valence-corrected chi connectivity index (χ0v) is 8.85.